The zero-order valence-electron chi connectivity index (χ0n) is 9.57. The van der Waals surface area contributed by atoms with Gasteiger partial charge in [0.05, 0.1) is 17.6 Å². The van der Waals surface area contributed by atoms with Crippen molar-refractivity contribution >= 4 is 11.0 Å². The quantitative estimate of drug-likeness (QED) is 0.906. The Balaban J connectivity index is 2.25. The van der Waals surface area contributed by atoms with Crippen molar-refractivity contribution < 1.29 is 27.8 Å². The Bertz CT molecular complexity index is 636. The van der Waals surface area contributed by atoms with Crippen molar-refractivity contribution in [1.82, 2.24) is 9.55 Å². The number of rotatable bonds is 2. The standard InChI is InChI=1S/C11H9F3N2O3/c12-11(13,14)10-15-6-3-8-9(19-5-18-8)4-7(6)16(10)1-2-17/h3-4,17H,1-2,5H2. The fourth-order valence-electron chi connectivity index (χ4n) is 2.06. The summed E-state index contributed by atoms with van der Waals surface area (Å²) in [7, 11) is 0. The number of halogens is 3. The van der Waals surface area contributed by atoms with E-state index in [4.69, 9.17) is 14.6 Å². The number of hydrogen-bond donors (Lipinski definition) is 1. The molecule has 0 amide bonds. The summed E-state index contributed by atoms with van der Waals surface area (Å²) in [4.78, 5) is 3.57. The van der Waals surface area contributed by atoms with Gasteiger partial charge in [-0.2, -0.15) is 13.2 Å². The molecular formula is C11H9F3N2O3. The highest BCUT2D eigenvalue weighted by atomic mass is 19.4. The number of hydrogen-bond acceptors (Lipinski definition) is 4. The van der Waals surface area contributed by atoms with Crippen LogP contribution in [-0.4, -0.2) is 28.1 Å². The van der Waals surface area contributed by atoms with Crippen LogP contribution >= 0.6 is 0 Å². The first kappa shape index (κ1) is 12.1. The topological polar surface area (TPSA) is 56.5 Å². The molecule has 1 aliphatic heterocycles. The first-order valence-corrected chi connectivity index (χ1v) is 5.48. The molecule has 5 nitrogen and oxygen atoms in total. The lowest BCUT2D eigenvalue weighted by molar-refractivity contribution is -0.147. The van der Waals surface area contributed by atoms with Gasteiger partial charge in [0.15, 0.2) is 11.5 Å². The maximum atomic E-state index is 12.9. The lowest BCUT2D eigenvalue weighted by atomic mass is 10.2. The maximum Gasteiger partial charge on any atom is 0.449 e. The van der Waals surface area contributed by atoms with Crippen molar-refractivity contribution in [2.24, 2.45) is 0 Å². The van der Waals surface area contributed by atoms with E-state index >= 15 is 0 Å². The Hall–Kier alpha value is -1.96. The van der Waals surface area contributed by atoms with Gasteiger partial charge in [0.2, 0.25) is 12.6 Å². The average molecular weight is 274 g/mol. The summed E-state index contributed by atoms with van der Waals surface area (Å²) in [6.45, 7) is -0.567. The molecule has 0 radical (unpaired) electrons. The van der Waals surface area contributed by atoms with Gasteiger partial charge in [-0.05, 0) is 0 Å². The van der Waals surface area contributed by atoms with Gasteiger partial charge in [-0.15, -0.1) is 0 Å². The minimum Gasteiger partial charge on any atom is -0.454 e. The predicted octanol–water partition coefficient (Wildman–Crippen LogP) is 1.78. The SMILES string of the molecule is OCCn1c(C(F)(F)F)nc2cc3c(cc21)OCO3. The summed E-state index contributed by atoms with van der Waals surface area (Å²) < 4.78 is 49.8. The number of aliphatic hydroxyl groups excluding tert-OH is 1. The van der Waals surface area contributed by atoms with Gasteiger partial charge in [-0.3, -0.25) is 0 Å². The van der Waals surface area contributed by atoms with E-state index in [0.29, 0.717) is 11.5 Å². The summed E-state index contributed by atoms with van der Waals surface area (Å²) in [6.07, 6.45) is -4.58. The summed E-state index contributed by atoms with van der Waals surface area (Å²) in [5.41, 5.74) is 0.413. The van der Waals surface area contributed by atoms with Gasteiger partial charge in [0.25, 0.3) is 0 Å². The number of imidazole rings is 1. The van der Waals surface area contributed by atoms with E-state index in [-0.39, 0.29) is 24.4 Å². The van der Waals surface area contributed by atoms with Crippen molar-refractivity contribution in [1.29, 1.82) is 0 Å². The van der Waals surface area contributed by atoms with E-state index in [1.807, 2.05) is 0 Å². The molecule has 0 spiro atoms. The zero-order valence-corrected chi connectivity index (χ0v) is 9.57. The van der Waals surface area contributed by atoms with E-state index in [1.165, 1.54) is 12.1 Å². The number of aliphatic hydroxyl groups is 1. The molecule has 0 unspecified atom stereocenters. The van der Waals surface area contributed by atoms with Crippen molar-refractivity contribution in [3.63, 3.8) is 0 Å². The molecule has 3 rings (SSSR count). The van der Waals surface area contributed by atoms with Gasteiger partial charge in [-0.25, -0.2) is 4.98 Å². The Morgan fingerprint density at radius 1 is 1.26 bits per heavy atom. The smallest absolute Gasteiger partial charge is 0.449 e. The predicted molar refractivity (Wildman–Crippen MR) is 57.9 cm³/mol. The monoisotopic (exact) mass is 274 g/mol. The van der Waals surface area contributed by atoms with Gasteiger partial charge < -0.3 is 19.1 Å². The van der Waals surface area contributed by atoms with Crippen LogP contribution in [-0.2, 0) is 12.7 Å². The highest BCUT2D eigenvalue weighted by Gasteiger charge is 2.37. The Labute approximate surface area is 105 Å². The maximum absolute atomic E-state index is 12.9. The summed E-state index contributed by atoms with van der Waals surface area (Å²) in [5, 5.41) is 8.91. The van der Waals surface area contributed by atoms with Crippen LogP contribution in [0.25, 0.3) is 11.0 Å². The first-order valence-electron chi connectivity index (χ1n) is 5.48. The van der Waals surface area contributed by atoms with Crippen LogP contribution < -0.4 is 9.47 Å². The van der Waals surface area contributed by atoms with E-state index in [9.17, 15) is 13.2 Å². The van der Waals surface area contributed by atoms with Gasteiger partial charge >= 0.3 is 6.18 Å². The van der Waals surface area contributed by atoms with Crippen LogP contribution in [0.3, 0.4) is 0 Å². The number of ether oxygens (including phenoxy) is 2. The van der Waals surface area contributed by atoms with Crippen LogP contribution in [0.4, 0.5) is 13.2 Å². The number of aromatic nitrogens is 2. The third kappa shape index (κ3) is 1.88. The van der Waals surface area contributed by atoms with Crippen molar-refractivity contribution in [2.75, 3.05) is 13.4 Å². The number of fused-ring (bicyclic) bond motifs is 2. The molecule has 1 aliphatic rings. The number of alkyl halides is 3. The lowest BCUT2D eigenvalue weighted by Crippen LogP contribution is -2.16. The molecule has 0 aliphatic carbocycles. The average Bonchev–Trinajstić information content (AvgIpc) is 2.90. The minimum absolute atomic E-state index is 0.0358. The molecule has 1 N–H and O–H groups in total. The number of benzene rings is 1. The third-order valence-corrected chi connectivity index (χ3v) is 2.82. The molecule has 1 aromatic carbocycles. The Morgan fingerprint density at radius 2 is 1.95 bits per heavy atom. The van der Waals surface area contributed by atoms with E-state index in [1.54, 1.807) is 0 Å². The van der Waals surface area contributed by atoms with Gasteiger partial charge in [0.1, 0.15) is 0 Å². The highest BCUT2D eigenvalue weighted by molar-refractivity contribution is 5.81. The van der Waals surface area contributed by atoms with E-state index < -0.39 is 18.6 Å². The molecular weight excluding hydrogens is 265 g/mol. The second-order valence-corrected chi connectivity index (χ2v) is 4.00. The minimum atomic E-state index is -4.58. The second-order valence-electron chi connectivity index (χ2n) is 4.00. The molecule has 102 valence electrons. The largest absolute Gasteiger partial charge is 0.454 e. The zero-order chi connectivity index (χ0) is 13.6. The second kappa shape index (κ2) is 4.02. The third-order valence-electron chi connectivity index (χ3n) is 2.82. The molecule has 2 heterocycles. The highest BCUT2D eigenvalue weighted by Crippen LogP contribution is 2.38. The fourth-order valence-corrected chi connectivity index (χ4v) is 2.06. The first-order chi connectivity index (χ1) is 9.00. The molecule has 0 saturated heterocycles. The van der Waals surface area contributed by atoms with Crippen LogP contribution in [0.1, 0.15) is 5.82 Å². The molecule has 2 aromatic rings. The molecule has 0 fully saturated rings. The molecule has 0 atom stereocenters. The molecule has 0 bridgehead atoms. The lowest BCUT2D eigenvalue weighted by Gasteiger charge is -2.09. The van der Waals surface area contributed by atoms with Crippen molar-refractivity contribution in [3.8, 4) is 11.5 Å². The summed E-state index contributed by atoms with van der Waals surface area (Å²) in [6, 6.07) is 2.84. The van der Waals surface area contributed by atoms with Crippen LogP contribution in [0.2, 0.25) is 0 Å². The van der Waals surface area contributed by atoms with Crippen LogP contribution in [0.15, 0.2) is 12.1 Å². The number of nitrogens with zero attached hydrogens (tertiary/aromatic N) is 2. The Morgan fingerprint density at radius 3 is 2.58 bits per heavy atom. The van der Waals surface area contributed by atoms with Crippen molar-refractivity contribution in [2.45, 2.75) is 12.7 Å². The van der Waals surface area contributed by atoms with Crippen LogP contribution in [0, 0.1) is 0 Å². The molecule has 8 heteroatoms. The molecule has 1 aromatic heterocycles. The van der Waals surface area contributed by atoms with Crippen LogP contribution in [0.5, 0.6) is 11.5 Å². The molecule has 0 saturated carbocycles. The Kier molecular flexibility index (Phi) is 2.56. The van der Waals surface area contributed by atoms with E-state index in [2.05, 4.69) is 4.98 Å². The van der Waals surface area contributed by atoms with Crippen molar-refractivity contribution in [3.05, 3.63) is 18.0 Å². The summed E-state index contributed by atoms with van der Waals surface area (Å²) >= 11 is 0. The van der Waals surface area contributed by atoms with Gasteiger partial charge in [0, 0.05) is 18.7 Å². The van der Waals surface area contributed by atoms with E-state index in [0.717, 1.165) is 4.57 Å². The van der Waals surface area contributed by atoms with Gasteiger partial charge in [-0.1, -0.05) is 0 Å². The fraction of sp³-hybridized carbons (Fsp3) is 0.364. The normalized spacial score (nSPS) is 14.3. The summed E-state index contributed by atoms with van der Waals surface area (Å²) in [5.74, 6) is -0.296. The molecule has 19 heavy (non-hydrogen) atoms.